The average Bonchev–Trinajstić information content (AvgIpc) is 3.09. The van der Waals surface area contributed by atoms with Gasteiger partial charge < -0.3 is 15.1 Å². The number of rotatable bonds is 4. The van der Waals surface area contributed by atoms with E-state index < -0.39 is 0 Å². The second-order valence-electron chi connectivity index (χ2n) is 9.10. The number of benzene rings is 1. The topological polar surface area (TPSA) is 53.4 Å². The second kappa shape index (κ2) is 8.36. The van der Waals surface area contributed by atoms with E-state index in [9.17, 15) is 4.79 Å². The molecule has 1 amide bonds. The van der Waals surface area contributed by atoms with Crippen LogP contribution in [0.4, 0.5) is 11.4 Å². The van der Waals surface area contributed by atoms with Crippen molar-refractivity contribution in [3.63, 3.8) is 0 Å². The van der Waals surface area contributed by atoms with Gasteiger partial charge in [0.15, 0.2) is 5.69 Å². The van der Waals surface area contributed by atoms with Gasteiger partial charge >= 0.3 is 0 Å². The predicted octanol–water partition coefficient (Wildman–Crippen LogP) is 4.42. The van der Waals surface area contributed by atoms with Gasteiger partial charge in [0.1, 0.15) is 0 Å². The zero-order valence-electron chi connectivity index (χ0n) is 18.3. The van der Waals surface area contributed by atoms with Crippen molar-refractivity contribution >= 4 is 28.9 Å². The summed E-state index contributed by atoms with van der Waals surface area (Å²) >= 11 is 6.24. The number of aromatic nitrogens is 2. The number of halogens is 1. The summed E-state index contributed by atoms with van der Waals surface area (Å²) in [5.41, 5.74) is 3.00. The van der Waals surface area contributed by atoms with Crippen LogP contribution in [0.1, 0.15) is 56.7 Å². The van der Waals surface area contributed by atoms with Crippen LogP contribution in [-0.2, 0) is 5.54 Å². The Labute approximate surface area is 178 Å². The number of carbonyl (C=O) groups is 1. The first-order valence-electron chi connectivity index (χ1n) is 10.2. The highest BCUT2D eigenvalue weighted by Gasteiger charge is 2.25. The molecule has 6 nitrogen and oxygen atoms in total. The van der Waals surface area contributed by atoms with Crippen molar-refractivity contribution in [3.05, 3.63) is 40.7 Å². The molecule has 1 aromatic heterocycles. The van der Waals surface area contributed by atoms with Crippen molar-refractivity contribution in [3.8, 4) is 0 Å². The third-order valence-corrected chi connectivity index (χ3v) is 5.48. The van der Waals surface area contributed by atoms with Crippen molar-refractivity contribution < 1.29 is 4.79 Å². The van der Waals surface area contributed by atoms with Crippen LogP contribution >= 0.6 is 11.6 Å². The van der Waals surface area contributed by atoms with Gasteiger partial charge in [-0.05, 0) is 58.0 Å². The first-order chi connectivity index (χ1) is 13.6. The maximum Gasteiger partial charge on any atom is 0.276 e. The fraction of sp³-hybridized carbons (Fsp3) is 0.545. The maximum atomic E-state index is 13.1. The number of hydrogen-bond donors (Lipinski definition) is 1. The van der Waals surface area contributed by atoms with Crippen LogP contribution in [0.25, 0.3) is 0 Å². The Morgan fingerprint density at radius 1 is 1.14 bits per heavy atom. The molecular weight excluding hydrogens is 386 g/mol. The molecule has 1 N–H and O–H groups in total. The van der Waals surface area contributed by atoms with Gasteiger partial charge in [-0.1, -0.05) is 25.4 Å². The molecule has 0 saturated carbocycles. The summed E-state index contributed by atoms with van der Waals surface area (Å²) in [6, 6.07) is 7.56. The molecule has 0 bridgehead atoms. The number of anilines is 2. The van der Waals surface area contributed by atoms with E-state index in [0.717, 1.165) is 43.2 Å². The van der Waals surface area contributed by atoms with E-state index in [-0.39, 0.29) is 17.4 Å². The lowest BCUT2D eigenvalue weighted by Gasteiger charge is -2.35. The van der Waals surface area contributed by atoms with Crippen molar-refractivity contribution in [1.82, 2.24) is 14.7 Å². The van der Waals surface area contributed by atoms with Crippen LogP contribution in [0.2, 0.25) is 5.02 Å². The number of likely N-dealkylation sites (N-methyl/N-ethyl adjacent to an activating group) is 1. The van der Waals surface area contributed by atoms with Gasteiger partial charge in [0.2, 0.25) is 0 Å². The molecular formula is C22H32ClN5O. The number of nitrogens with one attached hydrogen (secondary N) is 1. The lowest BCUT2D eigenvalue weighted by Crippen LogP contribution is -2.44. The minimum atomic E-state index is -0.215. The molecule has 1 aromatic carbocycles. The number of hydrogen-bond acceptors (Lipinski definition) is 4. The number of amides is 1. The minimum absolute atomic E-state index is 0.195. The molecule has 158 valence electrons. The molecule has 7 heteroatoms. The third-order valence-electron chi connectivity index (χ3n) is 5.25. The maximum absolute atomic E-state index is 13.1. The van der Waals surface area contributed by atoms with E-state index in [1.807, 2.05) is 28.9 Å². The monoisotopic (exact) mass is 417 g/mol. The molecule has 1 fully saturated rings. The first kappa shape index (κ1) is 21.7. The lowest BCUT2D eigenvalue weighted by atomic mass is 10.1. The van der Waals surface area contributed by atoms with Crippen LogP contribution in [0.5, 0.6) is 0 Å². The highest BCUT2D eigenvalue weighted by Crippen LogP contribution is 2.31. The highest BCUT2D eigenvalue weighted by atomic mass is 35.5. The van der Waals surface area contributed by atoms with E-state index in [1.54, 1.807) is 0 Å². The number of piperazine rings is 1. The summed E-state index contributed by atoms with van der Waals surface area (Å²) in [4.78, 5) is 17.7. The lowest BCUT2D eigenvalue weighted by molar-refractivity contribution is 0.102. The Hall–Kier alpha value is -2.05. The van der Waals surface area contributed by atoms with Crippen molar-refractivity contribution in [2.45, 2.75) is 46.1 Å². The summed E-state index contributed by atoms with van der Waals surface area (Å²) < 4.78 is 1.95. The minimum Gasteiger partial charge on any atom is -0.367 e. The molecule has 0 unspecified atom stereocenters. The molecule has 2 aromatic rings. The summed E-state index contributed by atoms with van der Waals surface area (Å²) in [6.07, 6.45) is 0. The first-order valence-corrected chi connectivity index (χ1v) is 10.6. The normalized spacial score (nSPS) is 15.8. The second-order valence-corrected chi connectivity index (χ2v) is 9.53. The largest absolute Gasteiger partial charge is 0.367 e. The van der Waals surface area contributed by atoms with Crippen LogP contribution in [0, 0.1) is 0 Å². The van der Waals surface area contributed by atoms with Gasteiger partial charge in [-0.15, -0.1) is 0 Å². The van der Waals surface area contributed by atoms with Gasteiger partial charge in [-0.2, -0.15) is 5.10 Å². The fourth-order valence-corrected chi connectivity index (χ4v) is 3.74. The molecule has 1 aliphatic rings. The summed E-state index contributed by atoms with van der Waals surface area (Å²) in [5.74, 6) is 0.0582. The Morgan fingerprint density at radius 2 is 1.79 bits per heavy atom. The van der Waals surface area contributed by atoms with Gasteiger partial charge in [0, 0.05) is 36.9 Å². The van der Waals surface area contributed by atoms with Crippen LogP contribution < -0.4 is 10.2 Å². The molecule has 3 rings (SSSR count). The number of carbonyl (C=O) groups excluding carboxylic acids is 1. The highest BCUT2D eigenvalue weighted by molar-refractivity contribution is 6.31. The fourth-order valence-electron chi connectivity index (χ4n) is 3.57. The molecule has 2 heterocycles. The average molecular weight is 418 g/mol. The Bertz CT molecular complexity index is 876. The van der Waals surface area contributed by atoms with Crippen molar-refractivity contribution in [2.24, 2.45) is 0 Å². The smallest absolute Gasteiger partial charge is 0.276 e. The zero-order chi connectivity index (χ0) is 21.3. The summed E-state index contributed by atoms with van der Waals surface area (Å²) in [5, 5.41) is 8.28. The van der Waals surface area contributed by atoms with Gasteiger partial charge in [0.05, 0.1) is 16.9 Å². The Kier molecular flexibility index (Phi) is 6.24. The van der Waals surface area contributed by atoms with Crippen molar-refractivity contribution in [2.75, 3.05) is 43.4 Å². The van der Waals surface area contributed by atoms with Gasteiger partial charge in [0.25, 0.3) is 5.91 Å². The zero-order valence-corrected chi connectivity index (χ0v) is 19.0. The van der Waals surface area contributed by atoms with Crippen molar-refractivity contribution in [1.29, 1.82) is 0 Å². The van der Waals surface area contributed by atoms with E-state index in [0.29, 0.717) is 10.7 Å². The van der Waals surface area contributed by atoms with Gasteiger partial charge in [-0.25, -0.2) is 0 Å². The molecule has 1 aliphatic heterocycles. The molecule has 0 atom stereocenters. The van der Waals surface area contributed by atoms with E-state index in [2.05, 4.69) is 61.9 Å². The Balaban J connectivity index is 1.89. The molecule has 0 radical (unpaired) electrons. The van der Waals surface area contributed by atoms with Crippen LogP contribution in [-0.4, -0.2) is 53.8 Å². The molecule has 0 spiro atoms. The van der Waals surface area contributed by atoms with E-state index in [1.165, 1.54) is 0 Å². The Morgan fingerprint density at radius 3 is 2.34 bits per heavy atom. The third kappa shape index (κ3) is 4.93. The van der Waals surface area contributed by atoms with Gasteiger partial charge in [-0.3, -0.25) is 9.48 Å². The molecule has 29 heavy (non-hydrogen) atoms. The molecule has 0 aliphatic carbocycles. The molecule has 1 saturated heterocycles. The number of nitrogens with zero attached hydrogens (tertiary/aromatic N) is 4. The van der Waals surface area contributed by atoms with E-state index in [4.69, 9.17) is 11.6 Å². The quantitative estimate of drug-likeness (QED) is 0.800. The van der Waals surface area contributed by atoms with Crippen LogP contribution in [0.3, 0.4) is 0 Å². The van der Waals surface area contributed by atoms with Crippen LogP contribution in [0.15, 0.2) is 24.3 Å². The SMILES string of the molecule is CC(C)c1cc(C(=O)Nc2cc(Cl)ccc2N2CCN(C)CC2)nn1C(C)(C)C. The predicted molar refractivity (Wildman–Crippen MR) is 120 cm³/mol. The van der Waals surface area contributed by atoms with E-state index >= 15 is 0 Å². The summed E-state index contributed by atoms with van der Waals surface area (Å²) in [7, 11) is 2.12. The standard InChI is InChI=1S/C22H32ClN5O/c1-15(2)20-14-18(25-28(20)22(3,4)5)21(29)24-17-13-16(23)7-8-19(17)27-11-9-26(6)10-12-27/h7-8,13-15H,9-12H2,1-6H3,(H,24,29). The summed E-state index contributed by atoms with van der Waals surface area (Å²) in [6.45, 7) is 14.3.